The molecule has 0 saturated heterocycles. The molecule has 0 bridgehead atoms. The van der Waals surface area contributed by atoms with E-state index in [9.17, 15) is 18.0 Å². The maximum absolute atomic E-state index is 13.3. The number of amides is 2. The largest absolute Gasteiger partial charge is 0.497 e. The molecule has 180 valence electrons. The topological polar surface area (TPSA) is 105 Å². The van der Waals surface area contributed by atoms with Crippen LogP contribution in [0.4, 0.5) is 5.69 Å². The Morgan fingerprint density at radius 1 is 1.03 bits per heavy atom. The standard InChI is InChI=1S/C23H31N3O6S/c1-6-32-21-13-9-19(10-14-21)26(33(5,29)30)16-22(27)25(17(2)23(28)24-3)15-18-7-11-20(31-4)12-8-18/h7-14,17H,6,15-16H2,1-5H3,(H,24,28)/t17-/m0/s1. The van der Waals surface area contributed by atoms with Gasteiger partial charge in [0.05, 0.1) is 25.7 Å². The second-order valence-electron chi connectivity index (χ2n) is 7.36. The molecular weight excluding hydrogens is 446 g/mol. The average molecular weight is 478 g/mol. The molecule has 33 heavy (non-hydrogen) atoms. The number of sulfonamides is 1. The molecule has 0 aliphatic carbocycles. The van der Waals surface area contributed by atoms with Gasteiger partial charge < -0.3 is 19.7 Å². The van der Waals surface area contributed by atoms with Gasteiger partial charge in [-0.3, -0.25) is 13.9 Å². The summed E-state index contributed by atoms with van der Waals surface area (Å²) in [4.78, 5) is 27.0. The highest BCUT2D eigenvalue weighted by Crippen LogP contribution is 2.23. The third-order valence-corrected chi connectivity index (χ3v) is 6.18. The molecule has 2 rings (SSSR count). The first-order chi connectivity index (χ1) is 15.6. The van der Waals surface area contributed by atoms with Crippen molar-refractivity contribution in [2.24, 2.45) is 0 Å². The lowest BCUT2D eigenvalue weighted by Crippen LogP contribution is -2.50. The van der Waals surface area contributed by atoms with Gasteiger partial charge in [-0.25, -0.2) is 8.42 Å². The predicted octanol–water partition coefficient (Wildman–Crippen LogP) is 2.02. The summed E-state index contributed by atoms with van der Waals surface area (Å²) in [6.07, 6.45) is 1.03. The number of carbonyl (C=O) groups excluding carboxylic acids is 2. The van der Waals surface area contributed by atoms with E-state index in [0.717, 1.165) is 16.1 Å². The predicted molar refractivity (Wildman–Crippen MR) is 127 cm³/mol. The van der Waals surface area contributed by atoms with Crippen molar-refractivity contribution in [1.29, 1.82) is 0 Å². The fourth-order valence-electron chi connectivity index (χ4n) is 3.21. The molecule has 0 aromatic heterocycles. The van der Waals surface area contributed by atoms with Crippen LogP contribution < -0.4 is 19.1 Å². The van der Waals surface area contributed by atoms with Gasteiger partial charge in [0.1, 0.15) is 24.1 Å². The zero-order valence-electron chi connectivity index (χ0n) is 19.6. The van der Waals surface area contributed by atoms with Crippen molar-refractivity contribution in [3.63, 3.8) is 0 Å². The highest BCUT2D eigenvalue weighted by molar-refractivity contribution is 7.92. The summed E-state index contributed by atoms with van der Waals surface area (Å²) >= 11 is 0. The smallest absolute Gasteiger partial charge is 0.244 e. The maximum atomic E-state index is 13.3. The Bertz CT molecular complexity index is 1040. The van der Waals surface area contributed by atoms with Crippen LogP contribution in [0.3, 0.4) is 0 Å². The lowest BCUT2D eigenvalue weighted by molar-refractivity contribution is -0.139. The second kappa shape index (κ2) is 11.6. The first-order valence-corrected chi connectivity index (χ1v) is 12.3. The molecule has 0 saturated carbocycles. The van der Waals surface area contributed by atoms with E-state index in [0.29, 0.717) is 23.8 Å². The highest BCUT2D eigenvalue weighted by Gasteiger charge is 2.29. The number of methoxy groups -OCH3 is 1. The molecule has 0 radical (unpaired) electrons. The van der Waals surface area contributed by atoms with E-state index in [1.807, 2.05) is 6.92 Å². The zero-order chi connectivity index (χ0) is 24.6. The number of likely N-dealkylation sites (N-methyl/N-ethyl adjacent to an activating group) is 1. The molecule has 1 atom stereocenters. The molecule has 0 spiro atoms. The quantitative estimate of drug-likeness (QED) is 0.531. The summed E-state index contributed by atoms with van der Waals surface area (Å²) in [5, 5.41) is 2.54. The van der Waals surface area contributed by atoms with Gasteiger partial charge in [0.15, 0.2) is 0 Å². The molecule has 2 aromatic rings. The SMILES string of the molecule is CCOc1ccc(N(CC(=O)N(Cc2ccc(OC)cc2)[C@@H](C)C(=O)NC)S(C)(=O)=O)cc1. The van der Waals surface area contributed by atoms with Crippen LogP contribution in [0.15, 0.2) is 48.5 Å². The van der Waals surface area contributed by atoms with Crippen molar-refractivity contribution in [1.82, 2.24) is 10.2 Å². The lowest BCUT2D eigenvalue weighted by atomic mass is 10.1. The van der Waals surface area contributed by atoms with Gasteiger partial charge in [-0.15, -0.1) is 0 Å². The van der Waals surface area contributed by atoms with Crippen LogP contribution in [0.2, 0.25) is 0 Å². The monoisotopic (exact) mass is 477 g/mol. The molecular formula is C23H31N3O6S. The average Bonchev–Trinajstić information content (AvgIpc) is 2.80. The number of rotatable bonds is 11. The van der Waals surface area contributed by atoms with E-state index in [2.05, 4.69) is 5.32 Å². The van der Waals surface area contributed by atoms with Crippen LogP contribution in [0.5, 0.6) is 11.5 Å². The van der Waals surface area contributed by atoms with Crippen molar-refractivity contribution in [3.05, 3.63) is 54.1 Å². The Morgan fingerprint density at radius 3 is 2.09 bits per heavy atom. The Labute approximate surface area is 195 Å². The Balaban J connectivity index is 2.33. The van der Waals surface area contributed by atoms with Gasteiger partial charge in [-0.05, 0) is 55.8 Å². The molecule has 0 unspecified atom stereocenters. The van der Waals surface area contributed by atoms with Crippen LogP contribution >= 0.6 is 0 Å². The van der Waals surface area contributed by atoms with Gasteiger partial charge in [0.25, 0.3) is 0 Å². The molecule has 0 aliphatic heterocycles. The van der Waals surface area contributed by atoms with Crippen LogP contribution in [0.25, 0.3) is 0 Å². The third-order valence-electron chi connectivity index (χ3n) is 5.04. The minimum atomic E-state index is -3.78. The molecule has 0 fully saturated rings. The van der Waals surface area contributed by atoms with Gasteiger partial charge in [0.2, 0.25) is 21.8 Å². The number of ether oxygens (including phenoxy) is 2. The van der Waals surface area contributed by atoms with E-state index < -0.39 is 28.5 Å². The van der Waals surface area contributed by atoms with Crippen LogP contribution in [0.1, 0.15) is 19.4 Å². The number of benzene rings is 2. The number of anilines is 1. The van der Waals surface area contributed by atoms with Gasteiger partial charge in [-0.2, -0.15) is 0 Å². The minimum absolute atomic E-state index is 0.123. The van der Waals surface area contributed by atoms with Gasteiger partial charge in [0, 0.05) is 13.6 Å². The molecule has 10 heteroatoms. The summed E-state index contributed by atoms with van der Waals surface area (Å²) < 4.78 is 36.6. The van der Waals surface area contributed by atoms with Gasteiger partial charge >= 0.3 is 0 Å². The summed E-state index contributed by atoms with van der Waals surface area (Å²) in [7, 11) is -0.739. The first kappa shape index (κ1) is 26.0. The first-order valence-electron chi connectivity index (χ1n) is 10.4. The van der Waals surface area contributed by atoms with Crippen molar-refractivity contribution < 1.29 is 27.5 Å². The number of nitrogens with one attached hydrogen (secondary N) is 1. The summed E-state index contributed by atoms with van der Waals surface area (Å²) in [6, 6.07) is 12.7. The zero-order valence-corrected chi connectivity index (χ0v) is 20.4. The molecule has 2 amide bonds. The number of hydrogen-bond acceptors (Lipinski definition) is 6. The van der Waals surface area contributed by atoms with Crippen LogP contribution in [-0.4, -0.2) is 64.7 Å². The summed E-state index contributed by atoms with van der Waals surface area (Å²) in [5.41, 5.74) is 1.10. The lowest BCUT2D eigenvalue weighted by Gasteiger charge is -2.31. The van der Waals surface area contributed by atoms with E-state index in [1.165, 1.54) is 11.9 Å². The fourth-order valence-corrected chi connectivity index (χ4v) is 4.06. The van der Waals surface area contributed by atoms with E-state index in [4.69, 9.17) is 9.47 Å². The molecule has 0 aliphatic rings. The van der Waals surface area contributed by atoms with E-state index in [-0.39, 0.29) is 12.5 Å². The Kier molecular flexibility index (Phi) is 9.10. The van der Waals surface area contributed by atoms with Crippen molar-refractivity contribution in [3.8, 4) is 11.5 Å². The fraction of sp³-hybridized carbons (Fsp3) is 0.391. The summed E-state index contributed by atoms with van der Waals surface area (Å²) in [6.45, 7) is 3.59. The maximum Gasteiger partial charge on any atom is 0.244 e. The Hall–Kier alpha value is -3.27. The van der Waals surface area contributed by atoms with E-state index >= 15 is 0 Å². The van der Waals surface area contributed by atoms with Crippen molar-refractivity contribution >= 4 is 27.5 Å². The van der Waals surface area contributed by atoms with Crippen molar-refractivity contribution in [2.75, 3.05) is 37.9 Å². The van der Waals surface area contributed by atoms with Crippen LogP contribution in [0, 0.1) is 0 Å². The number of nitrogens with zero attached hydrogens (tertiary/aromatic N) is 2. The van der Waals surface area contributed by atoms with Gasteiger partial charge in [-0.1, -0.05) is 12.1 Å². The highest BCUT2D eigenvalue weighted by atomic mass is 32.2. The molecule has 2 aromatic carbocycles. The van der Waals surface area contributed by atoms with E-state index in [1.54, 1.807) is 62.6 Å². The van der Waals surface area contributed by atoms with Crippen molar-refractivity contribution in [2.45, 2.75) is 26.4 Å². The number of hydrogen-bond donors (Lipinski definition) is 1. The third kappa shape index (κ3) is 7.11. The molecule has 1 N–H and O–H groups in total. The normalized spacial score (nSPS) is 11.9. The number of carbonyl (C=O) groups is 2. The molecule has 0 heterocycles. The second-order valence-corrected chi connectivity index (χ2v) is 9.26. The minimum Gasteiger partial charge on any atom is -0.497 e. The van der Waals surface area contributed by atoms with Crippen LogP contribution in [-0.2, 0) is 26.2 Å². The molecule has 9 nitrogen and oxygen atoms in total. The summed E-state index contributed by atoms with van der Waals surface area (Å²) in [5.74, 6) is 0.384. The Morgan fingerprint density at radius 2 is 1.61 bits per heavy atom.